The number of para-hydroxylation sites is 1. The Bertz CT molecular complexity index is 755. The second-order valence-electron chi connectivity index (χ2n) is 6.95. The van der Waals surface area contributed by atoms with Crippen molar-refractivity contribution in [3.8, 4) is 5.75 Å². The van der Waals surface area contributed by atoms with Gasteiger partial charge in [0.15, 0.2) is 0 Å². The van der Waals surface area contributed by atoms with Crippen LogP contribution < -0.4 is 15.4 Å². The maximum atomic E-state index is 13.1. The molecule has 5 nitrogen and oxygen atoms in total. The summed E-state index contributed by atoms with van der Waals surface area (Å²) in [5.74, 6) is 1.55. The van der Waals surface area contributed by atoms with Gasteiger partial charge in [0, 0.05) is 24.8 Å². The van der Waals surface area contributed by atoms with Crippen LogP contribution in [0.25, 0.3) is 0 Å². The number of anilines is 2. The summed E-state index contributed by atoms with van der Waals surface area (Å²) >= 11 is 0. The smallest absolute Gasteiger partial charge is 0.255 e. The van der Waals surface area contributed by atoms with E-state index in [0.29, 0.717) is 11.5 Å². The standard InChI is InChI=1S/C22H29N3O2/c1-3-23-16-17-11-13-25(14-12-17)22(26)20-9-4-5-10-21(20)24-18-7-6-8-19(15-18)27-2/h4-10,15,17,23-24H,3,11-14,16H2,1-2H3. The van der Waals surface area contributed by atoms with E-state index in [1.807, 2.05) is 53.4 Å². The first kappa shape index (κ1) is 19.2. The fourth-order valence-corrected chi connectivity index (χ4v) is 3.49. The third-order valence-electron chi connectivity index (χ3n) is 5.09. The SMILES string of the molecule is CCNCC1CCN(C(=O)c2ccccc2Nc2cccc(OC)c2)CC1. The van der Waals surface area contributed by atoms with Gasteiger partial charge in [-0.2, -0.15) is 0 Å². The lowest BCUT2D eigenvalue weighted by Gasteiger charge is -2.32. The minimum absolute atomic E-state index is 0.0999. The highest BCUT2D eigenvalue weighted by atomic mass is 16.5. The van der Waals surface area contributed by atoms with Gasteiger partial charge in [0.25, 0.3) is 5.91 Å². The summed E-state index contributed by atoms with van der Waals surface area (Å²) in [6, 6.07) is 15.4. The Labute approximate surface area is 161 Å². The first-order chi connectivity index (χ1) is 13.2. The van der Waals surface area contributed by atoms with E-state index in [1.54, 1.807) is 7.11 Å². The number of rotatable bonds is 7. The third kappa shape index (κ3) is 5.01. The number of carbonyl (C=O) groups is 1. The van der Waals surface area contributed by atoms with E-state index in [4.69, 9.17) is 4.74 Å². The van der Waals surface area contributed by atoms with Crippen molar-refractivity contribution in [2.24, 2.45) is 5.92 Å². The molecule has 0 aromatic heterocycles. The van der Waals surface area contributed by atoms with Gasteiger partial charge in [-0.1, -0.05) is 25.1 Å². The average Bonchev–Trinajstić information content (AvgIpc) is 2.72. The maximum absolute atomic E-state index is 13.1. The van der Waals surface area contributed by atoms with E-state index in [0.717, 1.165) is 56.1 Å². The molecule has 1 saturated heterocycles. The van der Waals surface area contributed by atoms with Crippen molar-refractivity contribution in [3.63, 3.8) is 0 Å². The number of hydrogen-bond donors (Lipinski definition) is 2. The molecule has 0 aliphatic carbocycles. The predicted molar refractivity (Wildman–Crippen MR) is 110 cm³/mol. The van der Waals surface area contributed by atoms with E-state index in [-0.39, 0.29) is 5.91 Å². The van der Waals surface area contributed by atoms with E-state index in [2.05, 4.69) is 17.6 Å². The zero-order valence-electron chi connectivity index (χ0n) is 16.2. The molecule has 2 N–H and O–H groups in total. The molecule has 2 aromatic carbocycles. The number of methoxy groups -OCH3 is 1. The normalized spacial score (nSPS) is 14.8. The Hall–Kier alpha value is -2.53. The Balaban J connectivity index is 1.69. The summed E-state index contributed by atoms with van der Waals surface area (Å²) < 4.78 is 5.28. The van der Waals surface area contributed by atoms with E-state index in [1.165, 1.54) is 0 Å². The molecule has 1 aliphatic rings. The number of hydrogen-bond acceptors (Lipinski definition) is 4. The minimum atomic E-state index is 0.0999. The summed E-state index contributed by atoms with van der Waals surface area (Å²) in [7, 11) is 1.65. The Morgan fingerprint density at radius 1 is 1.15 bits per heavy atom. The van der Waals surface area contributed by atoms with Gasteiger partial charge in [0.05, 0.1) is 18.4 Å². The second kappa shape index (κ2) is 9.42. The quantitative estimate of drug-likeness (QED) is 0.779. The summed E-state index contributed by atoms with van der Waals surface area (Å²) in [5, 5.41) is 6.78. The van der Waals surface area contributed by atoms with Crippen molar-refractivity contribution in [2.45, 2.75) is 19.8 Å². The lowest BCUT2D eigenvalue weighted by Crippen LogP contribution is -2.40. The van der Waals surface area contributed by atoms with Crippen LogP contribution in [0.4, 0.5) is 11.4 Å². The lowest BCUT2D eigenvalue weighted by atomic mass is 9.96. The van der Waals surface area contributed by atoms with Crippen LogP contribution in [-0.2, 0) is 0 Å². The molecule has 5 heteroatoms. The molecule has 1 aliphatic heterocycles. The number of likely N-dealkylation sites (tertiary alicyclic amines) is 1. The van der Waals surface area contributed by atoms with Gasteiger partial charge in [-0.25, -0.2) is 0 Å². The van der Waals surface area contributed by atoms with E-state index < -0.39 is 0 Å². The second-order valence-corrected chi connectivity index (χ2v) is 6.95. The van der Waals surface area contributed by atoms with Crippen LogP contribution in [0, 0.1) is 5.92 Å². The molecule has 0 atom stereocenters. The minimum Gasteiger partial charge on any atom is -0.497 e. The molecule has 0 unspecified atom stereocenters. The van der Waals surface area contributed by atoms with Crippen LogP contribution in [0.5, 0.6) is 5.75 Å². The van der Waals surface area contributed by atoms with Crippen molar-refractivity contribution >= 4 is 17.3 Å². The molecule has 0 bridgehead atoms. The summed E-state index contributed by atoms with van der Waals surface area (Å²) in [5.41, 5.74) is 2.44. The maximum Gasteiger partial charge on any atom is 0.255 e. The Morgan fingerprint density at radius 3 is 2.67 bits per heavy atom. The summed E-state index contributed by atoms with van der Waals surface area (Å²) in [6.07, 6.45) is 2.12. The molecule has 0 radical (unpaired) electrons. The fraction of sp³-hybridized carbons (Fsp3) is 0.409. The third-order valence-corrected chi connectivity index (χ3v) is 5.09. The number of carbonyl (C=O) groups excluding carboxylic acids is 1. The van der Waals surface area contributed by atoms with Gasteiger partial charge in [0.2, 0.25) is 0 Å². The highest BCUT2D eigenvalue weighted by molar-refractivity contribution is 6.00. The van der Waals surface area contributed by atoms with Gasteiger partial charge in [-0.3, -0.25) is 4.79 Å². The highest BCUT2D eigenvalue weighted by Crippen LogP contribution is 2.26. The molecule has 0 spiro atoms. The summed E-state index contributed by atoms with van der Waals surface area (Å²) in [4.78, 5) is 15.1. The zero-order valence-corrected chi connectivity index (χ0v) is 16.2. The monoisotopic (exact) mass is 367 g/mol. The lowest BCUT2D eigenvalue weighted by molar-refractivity contribution is 0.0691. The van der Waals surface area contributed by atoms with Gasteiger partial charge in [-0.05, 0) is 56.1 Å². The molecule has 1 amide bonds. The number of benzene rings is 2. The molecule has 1 heterocycles. The van der Waals surface area contributed by atoms with Crippen LogP contribution in [0.3, 0.4) is 0 Å². The average molecular weight is 367 g/mol. The largest absolute Gasteiger partial charge is 0.497 e. The van der Waals surface area contributed by atoms with Gasteiger partial charge < -0.3 is 20.3 Å². The topological polar surface area (TPSA) is 53.6 Å². The molecule has 144 valence electrons. The molecular formula is C22H29N3O2. The number of amides is 1. The highest BCUT2D eigenvalue weighted by Gasteiger charge is 2.24. The number of nitrogens with zero attached hydrogens (tertiary/aromatic N) is 1. The van der Waals surface area contributed by atoms with Crippen molar-refractivity contribution in [3.05, 3.63) is 54.1 Å². The van der Waals surface area contributed by atoms with Gasteiger partial charge >= 0.3 is 0 Å². The summed E-state index contributed by atoms with van der Waals surface area (Å²) in [6.45, 7) is 5.82. The van der Waals surface area contributed by atoms with Crippen molar-refractivity contribution < 1.29 is 9.53 Å². The van der Waals surface area contributed by atoms with Crippen LogP contribution >= 0.6 is 0 Å². The van der Waals surface area contributed by atoms with Crippen molar-refractivity contribution in [1.82, 2.24) is 10.2 Å². The Kier molecular flexibility index (Phi) is 6.71. The zero-order chi connectivity index (χ0) is 19.1. The van der Waals surface area contributed by atoms with Crippen LogP contribution in [-0.4, -0.2) is 44.1 Å². The fourth-order valence-electron chi connectivity index (χ4n) is 3.49. The molecule has 0 saturated carbocycles. The van der Waals surface area contributed by atoms with Gasteiger partial charge in [-0.15, -0.1) is 0 Å². The van der Waals surface area contributed by atoms with Crippen LogP contribution in [0.1, 0.15) is 30.1 Å². The van der Waals surface area contributed by atoms with Gasteiger partial charge in [0.1, 0.15) is 5.75 Å². The molecule has 1 fully saturated rings. The number of piperidine rings is 1. The first-order valence-electron chi connectivity index (χ1n) is 9.71. The first-order valence-corrected chi connectivity index (χ1v) is 9.71. The molecule has 3 rings (SSSR count). The van der Waals surface area contributed by atoms with E-state index in [9.17, 15) is 4.79 Å². The molecule has 27 heavy (non-hydrogen) atoms. The van der Waals surface area contributed by atoms with Crippen LogP contribution in [0.15, 0.2) is 48.5 Å². The predicted octanol–water partition coefficient (Wildman–Crippen LogP) is 3.90. The molecule has 2 aromatic rings. The number of nitrogens with one attached hydrogen (secondary N) is 2. The van der Waals surface area contributed by atoms with E-state index >= 15 is 0 Å². The number of ether oxygens (including phenoxy) is 1. The van der Waals surface area contributed by atoms with Crippen molar-refractivity contribution in [1.29, 1.82) is 0 Å². The molecular weight excluding hydrogens is 338 g/mol. The van der Waals surface area contributed by atoms with Crippen molar-refractivity contribution in [2.75, 3.05) is 38.6 Å². The van der Waals surface area contributed by atoms with Crippen LogP contribution in [0.2, 0.25) is 0 Å². The Morgan fingerprint density at radius 2 is 1.93 bits per heavy atom.